The van der Waals surface area contributed by atoms with Gasteiger partial charge in [-0.25, -0.2) is 0 Å². The van der Waals surface area contributed by atoms with Crippen molar-refractivity contribution in [2.24, 2.45) is 0 Å². The number of likely N-dealkylation sites (N-methyl/N-ethyl adjacent to an activating group) is 1. The number of allylic oxidation sites excluding steroid dienone is 2. The Bertz CT molecular complexity index is 444. The minimum atomic E-state index is -1.64. The van der Waals surface area contributed by atoms with Crippen molar-refractivity contribution in [1.82, 2.24) is 0 Å². The number of quaternary nitrogens is 1. The van der Waals surface area contributed by atoms with E-state index in [1.54, 1.807) is 14.1 Å². The van der Waals surface area contributed by atoms with Crippen molar-refractivity contribution in [3.8, 4) is 0 Å². The van der Waals surface area contributed by atoms with E-state index in [0.717, 1.165) is 19.3 Å². The second kappa shape index (κ2) is 17.7. The summed E-state index contributed by atoms with van der Waals surface area (Å²) in [5, 5.41) is 30.5. The number of aliphatic carboxylic acids is 1. The summed E-state index contributed by atoms with van der Waals surface area (Å²) in [5.74, 6) is -1.39. The molecule has 30 heavy (non-hydrogen) atoms. The zero-order chi connectivity index (χ0) is 22.7. The largest absolute Gasteiger partial charge is 0.544 e. The SMILES string of the molecule is CCCCCCCC/C=C\CCCCCCCCC[N+](C)(C)C(CO)(CO)C(=O)[O-]. The van der Waals surface area contributed by atoms with Crippen LogP contribution in [0, 0.1) is 0 Å². The van der Waals surface area contributed by atoms with Crippen LogP contribution in [0.15, 0.2) is 12.2 Å². The smallest absolute Gasteiger partial charge is 0.185 e. The summed E-state index contributed by atoms with van der Waals surface area (Å²) in [7, 11) is 3.48. The minimum absolute atomic E-state index is 0.0351. The number of carboxylic acid groups (broad SMARTS) is 1. The highest BCUT2D eigenvalue weighted by molar-refractivity contribution is 5.75. The third kappa shape index (κ3) is 11.5. The van der Waals surface area contributed by atoms with Crippen LogP contribution in [0.1, 0.15) is 103 Å². The van der Waals surface area contributed by atoms with Crippen molar-refractivity contribution >= 4 is 5.97 Å². The maximum Gasteiger partial charge on any atom is 0.185 e. The lowest BCUT2D eigenvalue weighted by molar-refractivity contribution is -0.935. The first-order chi connectivity index (χ1) is 14.4. The first-order valence-electron chi connectivity index (χ1n) is 12.3. The monoisotopic (exact) mass is 427 g/mol. The average molecular weight is 428 g/mol. The highest BCUT2D eigenvalue weighted by atomic mass is 16.4. The molecule has 0 bridgehead atoms. The summed E-state index contributed by atoms with van der Waals surface area (Å²) in [6.07, 6.45) is 23.3. The fourth-order valence-electron chi connectivity index (χ4n) is 3.95. The lowest BCUT2D eigenvalue weighted by atomic mass is 9.96. The van der Waals surface area contributed by atoms with Gasteiger partial charge in [0.25, 0.3) is 0 Å². The average Bonchev–Trinajstić information content (AvgIpc) is 2.71. The van der Waals surface area contributed by atoms with Crippen LogP contribution < -0.4 is 5.11 Å². The number of hydrogen-bond acceptors (Lipinski definition) is 4. The number of hydrogen-bond donors (Lipinski definition) is 2. The molecule has 0 fully saturated rings. The molecule has 0 aliphatic rings. The van der Waals surface area contributed by atoms with Crippen LogP contribution in [0.25, 0.3) is 0 Å². The second-order valence-corrected chi connectivity index (χ2v) is 9.34. The van der Waals surface area contributed by atoms with Gasteiger partial charge >= 0.3 is 0 Å². The standard InChI is InChI=1S/C25H49NO4/c1-4-5-6-7-8-9-10-11-12-13-14-15-16-17-18-19-20-21-26(2,3)25(22-27,23-28)24(29)30/h11-12,27-28H,4-10,13-23H2,1-3H3/b12-11-. The van der Waals surface area contributed by atoms with Crippen molar-refractivity contribution in [2.45, 2.75) is 109 Å². The minimum Gasteiger partial charge on any atom is -0.544 e. The summed E-state index contributed by atoms with van der Waals surface area (Å²) < 4.78 is 0.0351. The Morgan fingerprint density at radius 2 is 1.17 bits per heavy atom. The number of carbonyl (C=O) groups excluding carboxylic acids is 1. The van der Waals surface area contributed by atoms with Gasteiger partial charge in [-0.05, 0) is 38.5 Å². The van der Waals surface area contributed by atoms with Gasteiger partial charge in [0.05, 0.1) is 20.6 Å². The number of carboxylic acids is 1. The van der Waals surface area contributed by atoms with Crippen molar-refractivity contribution in [3.63, 3.8) is 0 Å². The lowest BCUT2D eigenvalue weighted by Crippen LogP contribution is -2.72. The third-order valence-electron chi connectivity index (χ3n) is 6.54. The van der Waals surface area contributed by atoms with Crippen LogP contribution in [0.2, 0.25) is 0 Å². The van der Waals surface area contributed by atoms with E-state index >= 15 is 0 Å². The fourth-order valence-corrected chi connectivity index (χ4v) is 3.95. The van der Waals surface area contributed by atoms with E-state index in [4.69, 9.17) is 0 Å². The van der Waals surface area contributed by atoms with Crippen LogP contribution in [-0.4, -0.2) is 60.1 Å². The molecule has 0 spiro atoms. The molecule has 0 unspecified atom stereocenters. The van der Waals surface area contributed by atoms with E-state index in [1.165, 1.54) is 77.0 Å². The molecule has 0 aliphatic carbocycles. The van der Waals surface area contributed by atoms with Gasteiger partial charge in [-0.2, -0.15) is 0 Å². The molecule has 0 radical (unpaired) electrons. The first-order valence-corrected chi connectivity index (χ1v) is 12.3. The molecule has 0 saturated heterocycles. The Kier molecular flexibility index (Phi) is 17.2. The quantitative estimate of drug-likeness (QED) is 0.165. The number of unbranched alkanes of at least 4 members (excludes halogenated alkanes) is 13. The van der Waals surface area contributed by atoms with Gasteiger partial charge in [0.1, 0.15) is 19.2 Å². The molecule has 0 atom stereocenters. The van der Waals surface area contributed by atoms with Gasteiger partial charge in [-0.1, -0.05) is 76.9 Å². The first kappa shape index (κ1) is 29.1. The molecule has 0 aliphatic heterocycles. The zero-order valence-corrected chi connectivity index (χ0v) is 20.0. The molecule has 5 heteroatoms. The number of nitrogens with zero attached hydrogens (tertiary/aromatic N) is 1. The van der Waals surface area contributed by atoms with Gasteiger partial charge in [0.15, 0.2) is 5.54 Å². The van der Waals surface area contributed by atoms with Crippen LogP contribution >= 0.6 is 0 Å². The van der Waals surface area contributed by atoms with Gasteiger partial charge in [-0.3, -0.25) is 0 Å². The van der Waals surface area contributed by atoms with E-state index in [9.17, 15) is 20.1 Å². The predicted molar refractivity (Wildman–Crippen MR) is 123 cm³/mol. The van der Waals surface area contributed by atoms with Gasteiger partial charge in [-0.15, -0.1) is 0 Å². The van der Waals surface area contributed by atoms with E-state index < -0.39 is 24.7 Å². The maximum atomic E-state index is 11.5. The van der Waals surface area contributed by atoms with Crippen LogP contribution in [0.5, 0.6) is 0 Å². The van der Waals surface area contributed by atoms with Crippen molar-refractivity contribution in [1.29, 1.82) is 0 Å². The summed E-state index contributed by atoms with van der Waals surface area (Å²) in [5.41, 5.74) is -1.64. The Morgan fingerprint density at radius 3 is 1.57 bits per heavy atom. The van der Waals surface area contributed by atoms with Crippen LogP contribution in [0.4, 0.5) is 0 Å². The molecular weight excluding hydrogens is 378 g/mol. The Morgan fingerprint density at radius 1 is 0.767 bits per heavy atom. The molecule has 0 aromatic rings. The number of aliphatic hydroxyl groups excluding tert-OH is 2. The summed E-state index contributed by atoms with van der Waals surface area (Å²) in [6.45, 7) is 1.62. The molecule has 0 rings (SSSR count). The topological polar surface area (TPSA) is 80.6 Å². The summed E-state index contributed by atoms with van der Waals surface area (Å²) in [6, 6.07) is 0. The van der Waals surface area contributed by atoms with Crippen LogP contribution in [-0.2, 0) is 4.79 Å². The normalized spacial score (nSPS) is 12.7. The van der Waals surface area contributed by atoms with Crippen molar-refractivity contribution in [3.05, 3.63) is 12.2 Å². The molecule has 5 nitrogen and oxygen atoms in total. The van der Waals surface area contributed by atoms with Crippen molar-refractivity contribution in [2.75, 3.05) is 33.9 Å². The van der Waals surface area contributed by atoms with Crippen LogP contribution in [0.3, 0.4) is 0 Å². The highest BCUT2D eigenvalue weighted by Crippen LogP contribution is 2.22. The maximum absolute atomic E-state index is 11.5. The highest BCUT2D eigenvalue weighted by Gasteiger charge is 2.46. The lowest BCUT2D eigenvalue weighted by Gasteiger charge is -2.47. The van der Waals surface area contributed by atoms with E-state index in [1.807, 2.05) is 0 Å². The molecule has 0 aromatic heterocycles. The molecule has 0 heterocycles. The second-order valence-electron chi connectivity index (χ2n) is 9.34. The Balaban J connectivity index is 3.66. The fraction of sp³-hybridized carbons (Fsp3) is 0.880. The number of rotatable bonds is 21. The molecule has 2 N–H and O–H groups in total. The molecular formula is C25H49NO4. The Hall–Kier alpha value is -0.910. The predicted octanol–water partition coefficient (Wildman–Crippen LogP) is 3.96. The van der Waals surface area contributed by atoms with Gasteiger partial charge in [0, 0.05) is 0 Å². The summed E-state index contributed by atoms with van der Waals surface area (Å²) >= 11 is 0. The number of carbonyl (C=O) groups is 1. The molecule has 0 amide bonds. The van der Waals surface area contributed by atoms with Crippen molar-refractivity contribution < 1.29 is 24.6 Å². The third-order valence-corrected chi connectivity index (χ3v) is 6.54. The van der Waals surface area contributed by atoms with Gasteiger partial charge < -0.3 is 24.6 Å². The van der Waals surface area contributed by atoms with E-state index in [2.05, 4.69) is 19.1 Å². The zero-order valence-electron chi connectivity index (χ0n) is 20.0. The molecule has 178 valence electrons. The van der Waals surface area contributed by atoms with E-state index in [-0.39, 0.29) is 4.48 Å². The molecule has 0 saturated carbocycles. The van der Waals surface area contributed by atoms with E-state index in [0.29, 0.717) is 6.54 Å². The van der Waals surface area contributed by atoms with Gasteiger partial charge in [0.2, 0.25) is 0 Å². The number of aliphatic hydroxyl groups is 2. The Labute approximate surface area is 185 Å². The molecule has 0 aromatic carbocycles. The summed E-state index contributed by atoms with van der Waals surface area (Å²) in [4.78, 5) is 11.5.